The van der Waals surface area contributed by atoms with Crippen molar-refractivity contribution in [3.8, 4) is 0 Å². The Morgan fingerprint density at radius 2 is 1.40 bits per heavy atom. The highest BCUT2D eigenvalue weighted by atomic mass is 16.3. The van der Waals surface area contributed by atoms with Crippen LogP contribution in [0.5, 0.6) is 0 Å². The molecule has 0 aliphatic heterocycles. The molecule has 2 amide bonds. The third-order valence-corrected chi connectivity index (χ3v) is 3.93. The molecule has 2 aromatic carbocycles. The molecule has 0 aliphatic rings. The molecule has 1 unspecified atom stereocenters. The van der Waals surface area contributed by atoms with E-state index in [1.807, 2.05) is 60.7 Å². The molecule has 0 aromatic heterocycles. The zero-order valence-electron chi connectivity index (χ0n) is 14.4. The number of nitrogens with one attached hydrogen (secondary N) is 2. The molecule has 0 saturated carbocycles. The van der Waals surface area contributed by atoms with E-state index in [2.05, 4.69) is 10.6 Å². The van der Waals surface area contributed by atoms with Crippen molar-refractivity contribution in [2.45, 2.75) is 31.9 Å². The molecule has 3 N–H and O–H groups in total. The lowest BCUT2D eigenvalue weighted by Crippen LogP contribution is -2.46. The van der Waals surface area contributed by atoms with Crippen molar-refractivity contribution < 1.29 is 14.7 Å². The molecule has 2 aromatic rings. The van der Waals surface area contributed by atoms with Gasteiger partial charge < -0.3 is 15.7 Å². The first-order valence-corrected chi connectivity index (χ1v) is 8.32. The maximum atomic E-state index is 11.9. The molecule has 5 nitrogen and oxygen atoms in total. The highest BCUT2D eigenvalue weighted by molar-refractivity contribution is 6.35. The second-order valence-electron chi connectivity index (χ2n) is 6.33. The summed E-state index contributed by atoms with van der Waals surface area (Å²) in [6.45, 7) is 1.97. The van der Waals surface area contributed by atoms with E-state index in [1.165, 1.54) is 0 Å². The molecule has 0 radical (unpaired) electrons. The van der Waals surface area contributed by atoms with Crippen molar-refractivity contribution in [3.05, 3.63) is 71.8 Å². The highest BCUT2D eigenvalue weighted by Gasteiger charge is 2.23. The van der Waals surface area contributed by atoms with Crippen LogP contribution in [0.25, 0.3) is 0 Å². The third-order valence-electron chi connectivity index (χ3n) is 3.93. The van der Waals surface area contributed by atoms with Gasteiger partial charge in [-0.05, 0) is 30.9 Å². The lowest BCUT2D eigenvalue weighted by molar-refractivity contribution is -0.139. The van der Waals surface area contributed by atoms with Crippen molar-refractivity contribution in [1.29, 1.82) is 0 Å². The molecule has 0 bridgehead atoms. The van der Waals surface area contributed by atoms with Gasteiger partial charge in [0.15, 0.2) is 0 Å². The third kappa shape index (κ3) is 6.77. The molecule has 0 saturated heterocycles. The molecule has 0 fully saturated rings. The van der Waals surface area contributed by atoms with E-state index in [0.29, 0.717) is 12.8 Å². The smallest absolute Gasteiger partial charge is 0.309 e. The second kappa shape index (κ2) is 8.99. The summed E-state index contributed by atoms with van der Waals surface area (Å²) in [5.41, 5.74) is 0.957. The van der Waals surface area contributed by atoms with Gasteiger partial charge in [0.2, 0.25) is 0 Å². The van der Waals surface area contributed by atoms with Crippen LogP contribution in [0.2, 0.25) is 0 Å². The van der Waals surface area contributed by atoms with E-state index in [0.717, 1.165) is 11.1 Å². The maximum absolute atomic E-state index is 11.9. The number of aryl methyl sites for hydroxylation is 1. The number of benzene rings is 2. The average Bonchev–Trinajstić information content (AvgIpc) is 2.64. The first kappa shape index (κ1) is 18.7. The van der Waals surface area contributed by atoms with Gasteiger partial charge in [0, 0.05) is 13.1 Å². The molecule has 2 rings (SSSR count). The van der Waals surface area contributed by atoms with Gasteiger partial charge in [0.1, 0.15) is 0 Å². The lowest BCUT2D eigenvalue weighted by Gasteiger charge is -2.23. The Morgan fingerprint density at radius 3 is 2.00 bits per heavy atom. The van der Waals surface area contributed by atoms with Crippen molar-refractivity contribution >= 4 is 11.8 Å². The van der Waals surface area contributed by atoms with Gasteiger partial charge in [-0.2, -0.15) is 0 Å². The van der Waals surface area contributed by atoms with Crippen LogP contribution in [0, 0.1) is 0 Å². The zero-order valence-corrected chi connectivity index (χ0v) is 14.4. The van der Waals surface area contributed by atoms with Crippen LogP contribution in [0.4, 0.5) is 0 Å². The molecular formula is C20H24N2O3. The van der Waals surface area contributed by atoms with Crippen LogP contribution in [0.3, 0.4) is 0 Å². The summed E-state index contributed by atoms with van der Waals surface area (Å²) in [6.07, 6.45) is 1.19. The fraction of sp³-hybridized carbons (Fsp3) is 0.300. The van der Waals surface area contributed by atoms with Gasteiger partial charge >= 0.3 is 11.8 Å². The van der Waals surface area contributed by atoms with Gasteiger partial charge in [-0.25, -0.2) is 0 Å². The Labute approximate surface area is 148 Å². The first-order valence-electron chi connectivity index (χ1n) is 8.32. The van der Waals surface area contributed by atoms with Crippen LogP contribution < -0.4 is 10.6 Å². The average molecular weight is 340 g/mol. The minimum Gasteiger partial charge on any atom is -0.388 e. The molecule has 5 heteroatoms. The number of hydrogen-bond acceptors (Lipinski definition) is 3. The van der Waals surface area contributed by atoms with E-state index in [-0.39, 0.29) is 13.1 Å². The van der Waals surface area contributed by atoms with Gasteiger partial charge in [0.05, 0.1) is 5.60 Å². The van der Waals surface area contributed by atoms with Crippen molar-refractivity contribution in [1.82, 2.24) is 10.6 Å². The van der Waals surface area contributed by atoms with Gasteiger partial charge in [0.25, 0.3) is 0 Å². The molecule has 132 valence electrons. The number of carbonyl (C=O) groups excluding carboxylic acids is 2. The number of hydrogen-bond donors (Lipinski definition) is 3. The Bertz CT molecular complexity index is 685. The van der Waals surface area contributed by atoms with E-state index >= 15 is 0 Å². The van der Waals surface area contributed by atoms with Gasteiger partial charge in [-0.1, -0.05) is 60.7 Å². The van der Waals surface area contributed by atoms with E-state index in [9.17, 15) is 14.7 Å². The fourth-order valence-electron chi connectivity index (χ4n) is 2.36. The van der Waals surface area contributed by atoms with Crippen LogP contribution in [-0.4, -0.2) is 29.1 Å². The molecule has 0 spiro atoms. The van der Waals surface area contributed by atoms with Gasteiger partial charge in [-0.3, -0.25) is 9.59 Å². The highest BCUT2D eigenvalue weighted by Crippen LogP contribution is 2.13. The predicted octanol–water partition coefficient (Wildman–Crippen LogP) is 1.80. The van der Waals surface area contributed by atoms with Crippen molar-refractivity contribution in [2.24, 2.45) is 0 Å². The monoisotopic (exact) mass is 340 g/mol. The second-order valence-corrected chi connectivity index (χ2v) is 6.33. The first-order chi connectivity index (χ1) is 12.0. The van der Waals surface area contributed by atoms with E-state index < -0.39 is 17.4 Å². The summed E-state index contributed by atoms with van der Waals surface area (Å²) in [7, 11) is 0. The molecular weight excluding hydrogens is 316 g/mol. The topological polar surface area (TPSA) is 78.4 Å². The van der Waals surface area contributed by atoms with Crippen LogP contribution >= 0.6 is 0 Å². The summed E-state index contributed by atoms with van der Waals surface area (Å²) >= 11 is 0. The molecule has 0 heterocycles. The molecule has 0 aliphatic carbocycles. The predicted molar refractivity (Wildman–Crippen MR) is 96.7 cm³/mol. The number of rotatable bonds is 7. The summed E-state index contributed by atoms with van der Waals surface area (Å²) in [6, 6.07) is 19.2. The SMILES string of the molecule is CC(O)(CCc1ccccc1)CNC(=O)C(=O)NCc1ccccc1. The zero-order chi connectivity index (χ0) is 18.1. The van der Waals surface area contributed by atoms with Crippen molar-refractivity contribution in [3.63, 3.8) is 0 Å². The Morgan fingerprint density at radius 1 is 0.880 bits per heavy atom. The summed E-state index contributed by atoms with van der Waals surface area (Å²) in [4.78, 5) is 23.7. The Hall–Kier alpha value is -2.66. The minimum atomic E-state index is -1.08. The number of aliphatic hydroxyl groups is 1. The Kier molecular flexibility index (Phi) is 6.71. The Balaban J connectivity index is 1.72. The van der Waals surface area contributed by atoms with Crippen LogP contribution in [0.15, 0.2) is 60.7 Å². The van der Waals surface area contributed by atoms with Crippen LogP contribution in [-0.2, 0) is 22.6 Å². The lowest BCUT2D eigenvalue weighted by atomic mass is 9.97. The van der Waals surface area contributed by atoms with Crippen LogP contribution in [0.1, 0.15) is 24.5 Å². The van der Waals surface area contributed by atoms with Crippen molar-refractivity contribution in [2.75, 3.05) is 6.54 Å². The van der Waals surface area contributed by atoms with E-state index in [1.54, 1.807) is 6.92 Å². The molecule has 25 heavy (non-hydrogen) atoms. The summed E-state index contributed by atoms with van der Waals surface area (Å²) in [5, 5.41) is 15.4. The largest absolute Gasteiger partial charge is 0.388 e. The quantitative estimate of drug-likeness (QED) is 0.673. The number of carbonyl (C=O) groups is 2. The summed E-state index contributed by atoms with van der Waals surface area (Å²) in [5.74, 6) is -1.45. The van der Waals surface area contributed by atoms with Gasteiger partial charge in [-0.15, -0.1) is 0 Å². The summed E-state index contributed by atoms with van der Waals surface area (Å²) < 4.78 is 0. The fourth-order valence-corrected chi connectivity index (χ4v) is 2.36. The molecule has 1 atom stereocenters. The number of amides is 2. The maximum Gasteiger partial charge on any atom is 0.309 e. The van der Waals surface area contributed by atoms with E-state index in [4.69, 9.17) is 0 Å². The minimum absolute atomic E-state index is 0.0252. The standard InChI is InChI=1S/C20H24N2O3/c1-20(25,13-12-16-8-4-2-5-9-16)15-22-19(24)18(23)21-14-17-10-6-3-7-11-17/h2-11,25H,12-15H2,1H3,(H,21,23)(H,22,24). The normalized spacial score (nSPS) is 12.9.